The fraction of sp³-hybridized carbons (Fsp3) is 0.190. The summed E-state index contributed by atoms with van der Waals surface area (Å²) in [6.07, 6.45) is 1.66. The number of methoxy groups -OCH3 is 2. The van der Waals surface area contributed by atoms with E-state index in [-0.39, 0.29) is 22.1 Å². The van der Waals surface area contributed by atoms with E-state index in [9.17, 15) is 14.7 Å². The van der Waals surface area contributed by atoms with E-state index in [0.717, 1.165) is 0 Å². The van der Waals surface area contributed by atoms with Crippen LogP contribution in [0.25, 0.3) is 6.08 Å². The van der Waals surface area contributed by atoms with Crippen molar-refractivity contribution in [1.29, 1.82) is 0 Å². The van der Waals surface area contributed by atoms with Crippen LogP contribution in [0.2, 0.25) is 0 Å². The molecular formula is C21H19NO6S2. The number of rotatable bonds is 5. The second kappa shape index (κ2) is 9.64. The minimum Gasteiger partial charge on any atom is -0.613 e. The molecule has 0 N–H and O–H groups in total. The fourth-order valence-corrected chi connectivity index (χ4v) is 5.73. The van der Waals surface area contributed by atoms with E-state index in [2.05, 4.69) is 4.99 Å². The van der Waals surface area contributed by atoms with Gasteiger partial charge in [-0.2, -0.15) is 0 Å². The topological polar surface area (TPSA) is 97.2 Å². The van der Waals surface area contributed by atoms with Crippen LogP contribution in [0, 0.1) is 0 Å². The molecule has 0 bridgehead atoms. The number of nitrogens with zero attached hydrogens (tertiary/aromatic N) is 1. The second-order valence-corrected chi connectivity index (χ2v) is 8.67. The molecule has 0 saturated carbocycles. The summed E-state index contributed by atoms with van der Waals surface area (Å²) in [5, 5.41) is 14.7. The van der Waals surface area contributed by atoms with Crippen LogP contribution >= 0.6 is 11.3 Å². The quantitative estimate of drug-likeness (QED) is 0.399. The lowest BCUT2D eigenvalue weighted by molar-refractivity contribution is -0.353. The molecule has 1 aromatic carbocycles. The van der Waals surface area contributed by atoms with Crippen LogP contribution in [0.3, 0.4) is 0 Å². The fourth-order valence-electron chi connectivity index (χ4n) is 2.72. The summed E-state index contributed by atoms with van der Waals surface area (Å²) >= 11 is 1.36. The Labute approximate surface area is 180 Å². The molecule has 0 spiro atoms. The number of thiophene rings is 1. The van der Waals surface area contributed by atoms with Gasteiger partial charge in [0.25, 0.3) is 4.91 Å². The van der Waals surface area contributed by atoms with E-state index in [4.69, 9.17) is 14.2 Å². The van der Waals surface area contributed by atoms with Gasteiger partial charge in [0, 0.05) is 6.08 Å². The average Bonchev–Trinajstić information content (AvgIpc) is 3.19. The number of carbonyl (C=O) groups excluding carboxylic acids is 2. The van der Waals surface area contributed by atoms with Crippen LogP contribution in [0.15, 0.2) is 67.4 Å². The van der Waals surface area contributed by atoms with Crippen LogP contribution in [-0.2, 0) is 34.7 Å². The van der Waals surface area contributed by atoms with E-state index in [1.807, 2.05) is 6.07 Å². The van der Waals surface area contributed by atoms with Gasteiger partial charge in [-0.25, -0.2) is 14.6 Å². The molecule has 1 aliphatic heterocycles. The lowest BCUT2D eigenvalue weighted by Gasteiger charge is -2.20. The number of fused-ring (bicyclic) bond motifs is 1. The van der Waals surface area contributed by atoms with Gasteiger partial charge in [-0.05, 0) is 37.6 Å². The molecule has 1 unspecified atom stereocenters. The minimum absolute atomic E-state index is 0.0632. The Bertz CT molecular complexity index is 1040. The summed E-state index contributed by atoms with van der Waals surface area (Å²) in [5.74, 6) is -2.16. The van der Waals surface area contributed by atoms with Gasteiger partial charge in [-0.3, -0.25) is 0 Å². The third-order valence-electron chi connectivity index (χ3n) is 4.01. The summed E-state index contributed by atoms with van der Waals surface area (Å²) < 4.78 is 15.2. The van der Waals surface area contributed by atoms with Gasteiger partial charge in [0.15, 0.2) is 4.90 Å². The van der Waals surface area contributed by atoms with Gasteiger partial charge in [-0.15, -0.1) is 11.3 Å². The number of benzene rings is 1. The highest BCUT2D eigenvalue weighted by atomic mass is 32.2. The maximum Gasteiger partial charge on any atom is 0.387 e. The van der Waals surface area contributed by atoms with Crippen LogP contribution in [-0.4, -0.2) is 38.5 Å². The molecule has 0 saturated heterocycles. The molecule has 2 heterocycles. The Morgan fingerprint density at radius 3 is 2.47 bits per heavy atom. The smallest absolute Gasteiger partial charge is 0.387 e. The molecule has 0 radical (unpaired) electrons. The molecule has 1 aromatic heterocycles. The van der Waals surface area contributed by atoms with Gasteiger partial charge in [0.2, 0.25) is 10.6 Å². The summed E-state index contributed by atoms with van der Waals surface area (Å²) in [4.78, 5) is 31.5. The lowest BCUT2D eigenvalue weighted by Crippen LogP contribution is -2.31. The monoisotopic (exact) mass is 445 g/mol. The van der Waals surface area contributed by atoms with Crippen LogP contribution in [0.4, 0.5) is 5.69 Å². The predicted molar refractivity (Wildman–Crippen MR) is 114 cm³/mol. The van der Waals surface area contributed by atoms with Gasteiger partial charge in [-0.1, -0.05) is 18.2 Å². The largest absolute Gasteiger partial charge is 0.613 e. The normalized spacial score (nSPS) is 17.5. The third kappa shape index (κ3) is 4.27. The molecule has 0 fully saturated rings. The van der Waals surface area contributed by atoms with Gasteiger partial charge in [0.05, 0.1) is 24.3 Å². The molecule has 3 rings (SSSR count). The minimum atomic E-state index is -1.31. The first-order chi connectivity index (χ1) is 14.5. The van der Waals surface area contributed by atoms with Crippen molar-refractivity contribution >= 4 is 51.6 Å². The molecule has 0 amide bonds. The molecular weight excluding hydrogens is 426 g/mol. The Balaban J connectivity index is 2.41. The Kier molecular flexibility index (Phi) is 6.96. The molecule has 30 heavy (non-hydrogen) atoms. The van der Waals surface area contributed by atoms with Crippen molar-refractivity contribution in [2.75, 3.05) is 20.8 Å². The van der Waals surface area contributed by atoms with Crippen molar-refractivity contribution in [3.63, 3.8) is 0 Å². The summed E-state index contributed by atoms with van der Waals surface area (Å²) in [6, 6.07) is 10.6. The maximum absolute atomic E-state index is 13.0. The molecule has 9 heteroatoms. The van der Waals surface area contributed by atoms with E-state index in [1.165, 1.54) is 25.6 Å². The number of hydrogen-bond acceptors (Lipinski definition) is 8. The standard InChI is InChI=1S/C21H19NO6S2/c1-4-28-19(23)16-12-15-14(10-11-29-15)22-17(20(24)26-2)18(21(25)27-3)30(16)13-8-6-5-7-9-13/h5-12H,4H2,1-3H3. The Hall–Kier alpha value is -3.04. The van der Waals surface area contributed by atoms with Crippen molar-refractivity contribution in [3.05, 3.63) is 62.4 Å². The first-order valence-electron chi connectivity index (χ1n) is 8.90. The molecule has 1 aliphatic rings. The van der Waals surface area contributed by atoms with Crippen LogP contribution < -0.4 is 5.11 Å². The lowest BCUT2D eigenvalue weighted by atomic mass is 10.3. The molecule has 2 aromatic rings. The van der Waals surface area contributed by atoms with Crippen molar-refractivity contribution in [1.82, 2.24) is 0 Å². The van der Waals surface area contributed by atoms with Crippen molar-refractivity contribution < 1.29 is 28.9 Å². The first kappa shape index (κ1) is 21.7. The highest BCUT2D eigenvalue weighted by molar-refractivity contribution is 8.06. The second-order valence-electron chi connectivity index (χ2n) is 5.79. The van der Waals surface area contributed by atoms with Gasteiger partial charge < -0.3 is 19.3 Å². The molecule has 7 nitrogen and oxygen atoms in total. The molecule has 0 aliphatic carbocycles. The van der Waals surface area contributed by atoms with E-state index in [0.29, 0.717) is 15.5 Å². The molecule has 1 atom stereocenters. The van der Waals surface area contributed by atoms with Gasteiger partial charge >= 0.3 is 11.9 Å². The van der Waals surface area contributed by atoms with E-state index in [1.54, 1.807) is 48.7 Å². The zero-order chi connectivity index (χ0) is 21.7. The third-order valence-corrected chi connectivity index (χ3v) is 7.10. The number of esters is 2. The Morgan fingerprint density at radius 1 is 1.10 bits per heavy atom. The van der Waals surface area contributed by atoms with E-state index >= 15 is 0 Å². The summed E-state index contributed by atoms with van der Waals surface area (Å²) in [7, 11) is 1.10. The zero-order valence-corrected chi connectivity index (χ0v) is 18.2. The SMILES string of the molecule is CCOC(=O)C1=Cc2sccc2N=C(C(=O)OC)C(=C([O-])OC)[S+]1c1ccccc1. The Morgan fingerprint density at radius 2 is 1.83 bits per heavy atom. The summed E-state index contributed by atoms with van der Waals surface area (Å²) in [5.41, 5.74) is 0.242. The maximum atomic E-state index is 13.0. The average molecular weight is 446 g/mol. The van der Waals surface area contributed by atoms with Crippen molar-refractivity contribution in [2.45, 2.75) is 11.8 Å². The highest BCUT2D eigenvalue weighted by Crippen LogP contribution is 2.39. The summed E-state index contributed by atoms with van der Waals surface area (Å²) in [6.45, 7) is 1.86. The molecule has 156 valence electrons. The number of aliphatic imine (C=N–C) groups is 1. The van der Waals surface area contributed by atoms with Gasteiger partial charge in [0.1, 0.15) is 16.8 Å². The van der Waals surface area contributed by atoms with Crippen molar-refractivity contribution in [2.24, 2.45) is 4.99 Å². The van der Waals surface area contributed by atoms with Crippen LogP contribution in [0.5, 0.6) is 0 Å². The van der Waals surface area contributed by atoms with E-state index < -0.39 is 28.8 Å². The number of hydrogen-bond donors (Lipinski definition) is 0. The zero-order valence-electron chi connectivity index (χ0n) is 16.5. The predicted octanol–water partition coefficient (Wildman–Crippen LogP) is 2.76. The number of ether oxygens (including phenoxy) is 3. The van der Waals surface area contributed by atoms with Crippen molar-refractivity contribution in [3.8, 4) is 0 Å². The van der Waals surface area contributed by atoms with Crippen LogP contribution in [0.1, 0.15) is 11.8 Å². The highest BCUT2D eigenvalue weighted by Gasteiger charge is 2.45. The number of carbonyl (C=O) groups is 2. The first-order valence-corrected chi connectivity index (χ1v) is 11.0.